The third kappa shape index (κ3) is 4.05. The fraction of sp³-hybridized carbons (Fsp3) is 0.261. The zero-order valence-corrected chi connectivity index (χ0v) is 16.5. The molecule has 1 amide bonds. The van der Waals surface area contributed by atoms with Crippen molar-refractivity contribution in [2.24, 2.45) is 0 Å². The number of hydrogen-bond acceptors (Lipinski definition) is 6. The van der Waals surface area contributed by atoms with E-state index in [1.807, 2.05) is 30.3 Å². The Kier molecular flexibility index (Phi) is 5.52. The lowest BCUT2D eigenvalue weighted by Crippen LogP contribution is -2.32. The number of esters is 1. The van der Waals surface area contributed by atoms with Crippen molar-refractivity contribution in [3.63, 3.8) is 0 Å². The summed E-state index contributed by atoms with van der Waals surface area (Å²) in [6, 6.07) is 12.0. The fourth-order valence-electron chi connectivity index (χ4n) is 3.58. The Hall–Kier alpha value is -3.61. The molecule has 2 aliphatic rings. The average Bonchev–Trinajstić information content (AvgIpc) is 2.77. The van der Waals surface area contributed by atoms with Crippen molar-refractivity contribution >= 4 is 23.7 Å². The van der Waals surface area contributed by atoms with Gasteiger partial charge in [-0.25, -0.2) is 0 Å². The molecule has 0 saturated carbocycles. The van der Waals surface area contributed by atoms with Gasteiger partial charge in [0.05, 0.1) is 12.5 Å². The predicted octanol–water partition coefficient (Wildman–Crippen LogP) is 3.15. The lowest BCUT2D eigenvalue weighted by Gasteiger charge is -2.32. The van der Waals surface area contributed by atoms with Crippen LogP contribution in [0.1, 0.15) is 40.9 Å². The number of amides is 1. The number of ketones is 1. The van der Waals surface area contributed by atoms with Crippen LogP contribution in [0.5, 0.6) is 11.5 Å². The van der Waals surface area contributed by atoms with Crippen LogP contribution in [0.4, 0.5) is 0 Å². The standard InChI is InChI=1S/C23H21NO6/c1-15(25)24-9-8-16-4-2-3-5-18(16)19(24)13-23(27)30-14-20(26)17-6-7-21-22(12-17)29-11-10-28-21/h2-9,12,19H,10-11,13-14H2,1H3/t19-/m0/s1. The van der Waals surface area contributed by atoms with Gasteiger partial charge in [0.2, 0.25) is 5.91 Å². The highest BCUT2D eigenvalue weighted by molar-refractivity contribution is 5.98. The van der Waals surface area contributed by atoms with Gasteiger partial charge in [0.25, 0.3) is 0 Å². The minimum Gasteiger partial charge on any atom is -0.486 e. The van der Waals surface area contributed by atoms with E-state index in [-0.39, 0.29) is 24.7 Å². The minimum absolute atomic E-state index is 0.0463. The van der Waals surface area contributed by atoms with E-state index in [9.17, 15) is 14.4 Å². The Labute approximate surface area is 173 Å². The molecule has 0 N–H and O–H groups in total. The summed E-state index contributed by atoms with van der Waals surface area (Å²) in [5, 5.41) is 0. The van der Waals surface area contributed by atoms with E-state index in [1.165, 1.54) is 11.8 Å². The van der Waals surface area contributed by atoms with Gasteiger partial charge in [-0.1, -0.05) is 24.3 Å². The van der Waals surface area contributed by atoms with Crippen LogP contribution in [0, 0.1) is 0 Å². The molecular weight excluding hydrogens is 386 g/mol. The summed E-state index contributed by atoms with van der Waals surface area (Å²) < 4.78 is 16.1. The highest BCUT2D eigenvalue weighted by Gasteiger charge is 2.29. The summed E-state index contributed by atoms with van der Waals surface area (Å²) in [4.78, 5) is 38.4. The van der Waals surface area contributed by atoms with E-state index in [0.717, 1.165) is 11.1 Å². The summed E-state index contributed by atoms with van der Waals surface area (Å²) in [5.41, 5.74) is 2.19. The van der Waals surface area contributed by atoms with Crippen molar-refractivity contribution in [1.29, 1.82) is 0 Å². The number of ether oxygens (including phenoxy) is 3. The molecule has 154 valence electrons. The third-order valence-electron chi connectivity index (χ3n) is 5.06. The number of benzene rings is 2. The molecule has 0 fully saturated rings. The molecule has 0 aliphatic carbocycles. The number of rotatable bonds is 5. The molecule has 2 aromatic carbocycles. The van der Waals surface area contributed by atoms with Crippen LogP contribution in [0.2, 0.25) is 0 Å². The first kappa shape index (κ1) is 19.7. The first-order chi connectivity index (χ1) is 14.5. The number of nitrogens with zero attached hydrogens (tertiary/aromatic N) is 1. The molecule has 2 aliphatic heterocycles. The van der Waals surface area contributed by atoms with Crippen molar-refractivity contribution in [3.05, 3.63) is 65.4 Å². The largest absolute Gasteiger partial charge is 0.486 e. The van der Waals surface area contributed by atoms with Crippen LogP contribution in [0.3, 0.4) is 0 Å². The molecule has 1 atom stereocenters. The molecule has 0 spiro atoms. The lowest BCUT2D eigenvalue weighted by molar-refractivity contribution is -0.144. The number of carbonyl (C=O) groups excluding carboxylic acids is 3. The molecule has 7 heteroatoms. The number of fused-ring (bicyclic) bond motifs is 2. The van der Waals surface area contributed by atoms with Gasteiger partial charge in [0, 0.05) is 18.7 Å². The molecule has 0 saturated heterocycles. The van der Waals surface area contributed by atoms with Gasteiger partial charge in [0.1, 0.15) is 13.2 Å². The number of carbonyl (C=O) groups is 3. The normalized spacial score (nSPS) is 16.6. The monoisotopic (exact) mass is 407 g/mol. The summed E-state index contributed by atoms with van der Waals surface area (Å²) >= 11 is 0. The minimum atomic E-state index is -0.553. The Morgan fingerprint density at radius 3 is 2.63 bits per heavy atom. The Bertz CT molecular complexity index is 1030. The van der Waals surface area contributed by atoms with Gasteiger partial charge in [0.15, 0.2) is 23.9 Å². The molecule has 2 aromatic rings. The van der Waals surface area contributed by atoms with Gasteiger partial charge in [-0.2, -0.15) is 0 Å². The molecule has 2 heterocycles. The average molecular weight is 407 g/mol. The molecule has 0 aromatic heterocycles. The Morgan fingerprint density at radius 2 is 1.83 bits per heavy atom. The molecular formula is C23H21NO6. The maximum atomic E-state index is 12.5. The zero-order valence-electron chi connectivity index (χ0n) is 16.5. The highest BCUT2D eigenvalue weighted by Crippen LogP contribution is 2.33. The van der Waals surface area contributed by atoms with Crippen LogP contribution in [0.15, 0.2) is 48.7 Å². The van der Waals surface area contributed by atoms with Crippen LogP contribution >= 0.6 is 0 Å². The van der Waals surface area contributed by atoms with E-state index >= 15 is 0 Å². The Morgan fingerprint density at radius 1 is 1.07 bits per heavy atom. The maximum absolute atomic E-state index is 12.5. The van der Waals surface area contributed by atoms with E-state index < -0.39 is 12.0 Å². The van der Waals surface area contributed by atoms with Gasteiger partial charge in [-0.3, -0.25) is 14.4 Å². The number of hydrogen-bond donors (Lipinski definition) is 0. The second-order valence-corrected chi connectivity index (χ2v) is 7.03. The van der Waals surface area contributed by atoms with E-state index in [1.54, 1.807) is 24.4 Å². The van der Waals surface area contributed by atoms with Gasteiger partial charge < -0.3 is 19.1 Å². The molecule has 7 nitrogen and oxygen atoms in total. The molecule has 30 heavy (non-hydrogen) atoms. The van der Waals surface area contributed by atoms with Crippen molar-refractivity contribution in [2.75, 3.05) is 19.8 Å². The van der Waals surface area contributed by atoms with Crippen LogP contribution in [-0.4, -0.2) is 42.4 Å². The lowest BCUT2D eigenvalue weighted by atomic mass is 9.94. The van der Waals surface area contributed by atoms with Gasteiger partial charge >= 0.3 is 5.97 Å². The maximum Gasteiger partial charge on any atom is 0.308 e. The smallest absolute Gasteiger partial charge is 0.308 e. The zero-order chi connectivity index (χ0) is 21.1. The van der Waals surface area contributed by atoms with Crippen molar-refractivity contribution in [1.82, 2.24) is 4.90 Å². The summed E-state index contributed by atoms with van der Waals surface area (Å²) in [7, 11) is 0. The second kappa shape index (κ2) is 8.41. The second-order valence-electron chi connectivity index (χ2n) is 7.03. The number of Topliss-reactive ketones (excluding diaryl/α,β-unsaturated/α-hetero) is 1. The molecule has 4 rings (SSSR count). The third-order valence-corrected chi connectivity index (χ3v) is 5.06. The van der Waals surface area contributed by atoms with Crippen LogP contribution in [-0.2, 0) is 14.3 Å². The first-order valence-electron chi connectivity index (χ1n) is 9.67. The Balaban J connectivity index is 1.41. The van der Waals surface area contributed by atoms with Crippen molar-refractivity contribution in [3.8, 4) is 11.5 Å². The summed E-state index contributed by atoms with van der Waals surface area (Å²) in [5.74, 6) is 0.0186. The SMILES string of the molecule is CC(=O)N1C=Cc2ccccc2[C@@H]1CC(=O)OCC(=O)c1ccc2c(c1)OCCO2. The molecule has 0 unspecified atom stereocenters. The van der Waals surface area contributed by atoms with Crippen LogP contribution in [0.25, 0.3) is 6.08 Å². The predicted molar refractivity (Wildman–Crippen MR) is 108 cm³/mol. The summed E-state index contributed by atoms with van der Waals surface area (Å²) in [6.07, 6.45) is 3.46. The van der Waals surface area contributed by atoms with E-state index in [4.69, 9.17) is 14.2 Å². The molecule has 0 bridgehead atoms. The quantitative estimate of drug-likeness (QED) is 0.559. The van der Waals surface area contributed by atoms with Crippen molar-refractivity contribution in [2.45, 2.75) is 19.4 Å². The van der Waals surface area contributed by atoms with Crippen molar-refractivity contribution < 1.29 is 28.6 Å². The topological polar surface area (TPSA) is 82.1 Å². The summed E-state index contributed by atoms with van der Waals surface area (Å²) in [6.45, 7) is 1.95. The fourth-order valence-corrected chi connectivity index (χ4v) is 3.58. The van der Waals surface area contributed by atoms with Gasteiger partial charge in [-0.05, 0) is 35.4 Å². The van der Waals surface area contributed by atoms with E-state index in [2.05, 4.69) is 0 Å². The first-order valence-corrected chi connectivity index (χ1v) is 9.67. The van der Waals surface area contributed by atoms with Gasteiger partial charge in [-0.15, -0.1) is 0 Å². The highest BCUT2D eigenvalue weighted by atomic mass is 16.6. The van der Waals surface area contributed by atoms with Crippen LogP contribution < -0.4 is 9.47 Å². The van der Waals surface area contributed by atoms with E-state index in [0.29, 0.717) is 30.3 Å². The molecule has 0 radical (unpaired) electrons.